The second kappa shape index (κ2) is 6.10. The summed E-state index contributed by atoms with van der Waals surface area (Å²) >= 11 is 5.72. The highest BCUT2D eigenvalue weighted by Gasteiger charge is 2.16. The second-order valence-electron chi connectivity index (χ2n) is 3.53. The van der Waals surface area contributed by atoms with Gasteiger partial charge in [-0.05, 0) is 17.7 Å². The average Bonchev–Trinajstić information content (AvgIpc) is 2.25. The SMILES string of the molecule is O=C(O)C[C@@H](CNC(=O)O)c1ccc(Cl)cc1. The molecule has 1 aromatic rings. The van der Waals surface area contributed by atoms with E-state index in [0.29, 0.717) is 5.02 Å². The summed E-state index contributed by atoms with van der Waals surface area (Å²) in [7, 11) is 0. The number of carboxylic acids is 1. The fourth-order valence-corrected chi connectivity index (χ4v) is 1.59. The van der Waals surface area contributed by atoms with Gasteiger partial charge in [-0.2, -0.15) is 0 Å². The van der Waals surface area contributed by atoms with Crippen LogP contribution in [-0.4, -0.2) is 28.8 Å². The highest BCUT2D eigenvalue weighted by atomic mass is 35.5. The standard InChI is InChI=1S/C11H12ClNO4/c12-9-3-1-7(2-4-9)8(5-10(14)15)6-13-11(16)17/h1-4,8,13H,5-6H2,(H,14,15)(H,16,17)/t8-/m0/s1. The minimum Gasteiger partial charge on any atom is -0.481 e. The summed E-state index contributed by atoms with van der Waals surface area (Å²) in [6, 6.07) is 6.68. The molecule has 0 saturated carbocycles. The minimum absolute atomic E-state index is 0.0588. The Morgan fingerprint density at radius 2 is 1.82 bits per heavy atom. The lowest BCUT2D eigenvalue weighted by atomic mass is 9.96. The van der Waals surface area contributed by atoms with Crippen molar-refractivity contribution in [3.8, 4) is 0 Å². The number of rotatable bonds is 5. The average molecular weight is 258 g/mol. The molecule has 0 aliphatic rings. The molecule has 0 spiro atoms. The lowest BCUT2D eigenvalue weighted by molar-refractivity contribution is -0.137. The molecule has 0 heterocycles. The number of aliphatic carboxylic acids is 1. The van der Waals surface area contributed by atoms with Crippen LogP contribution in [0, 0.1) is 0 Å². The van der Waals surface area contributed by atoms with Crippen molar-refractivity contribution in [2.75, 3.05) is 6.54 Å². The summed E-state index contributed by atoms with van der Waals surface area (Å²) in [4.78, 5) is 21.1. The van der Waals surface area contributed by atoms with E-state index in [0.717, 1.165) is 5.56 Å². The van der Waals surface area contributed by atoms with Gasteiger partial charge in [0.05, 0.1) is 6.42 Å². The van der Waals surface area contributed by atoms with Gasteiger partial charge in [-0.1, -0.05) is 23.7 Å². The van der Waals surface area contributed by atoms with Crippen LogP contribution in [0.25, 0.3) is 0 Å². The third-order valence-electron chi connectivity index (χ3n) is 2.26. The van der Waals surface area contributed by atoms with Crippen LogP contribution < -0.4 is 5.32 Å². The Morgan fingerprint density at radius 3 is 2.29 bits per heavy atom. The molecule has 92 valence electrons. The zero-order chi connectivity index (χ0) is 12.8. The first-order chi connectivity index (χ1) is 7.99. The van der Waals surface area contributed by atoms with E-state index in [1.165, 1.54) is 0 Å². The Bertz CT molecular complexity index is 404. The van der Waals surface area contributed by atoms with Crippen molar-refractivity contribution in [2.24, 2.45) is 0 Å². The molecule has 17 heavy (non-hydrogen) atoms. The molecular weight excluding hydrogens is 246 g/mol. The molecule has 0 unspecified atom stereocenters. The molecule has 0 aromatic heterocycles. The molecule has 1 atom stereocenters. The highest BCUT2D eigenvalue weighted by molar-refractivity contribution is 6.30. The monoisotopic (exact) mass is 257 g/mol. The number of nitrogens with one attached hydrogen (secondary N) is 1. The number of amides is 1. The Labute approximate surface area is 103 Å². The molecule has 1 rings (SSSR count). The van der Waals surface area contributed by atoms with Crippen LogP contribution in [0.5, 0.6) is 0 Å². The van der Waals surface area contributed by atoms with E-state index in [2.05, 4.69) is 5.32 Å². The fraction of sp³-hybridized carbons (Fsp3) is 0.273. The number of hydrogen-bond donors (Lipinski definition) is 3. The van der Waals surface area contributed by atoms with Gasteiger partial charge in [0.15, 0.2) is 0 Å². The minimum atomic E-state index is -1.17. The summed E-state index contributed by atoms with van der Waals surface area (Å²) in [5.74, 6) is -1.38. The Kier molecular flexibility index (Phi) is 4.78. The molecule has 0 radical (unpaired) electrons. The van der Waals surface area contributed by atoms with Crippen molar-refractivity contribution in [3.63, 3.8) is 0 Å². The molecule has 1 aromatic carbocycles. The van der Waals surface area contributed by atoms with E-state index in [-0.39, 0.29) is 13.0 Å². The quantitative estimate of drug-likeness (QED) is 0.754. The largest absolute Gasteiger partial charge is 0.481 e. The molecule has 0 bridgehead atoms. The van der Waals surface area contributed by atoms with E-state index < -0.39 is 18.0 Å². The van der Waals surface area contributed by atoms with Crippen LogP contribution in [0.3, 0.4) is 0 Å². The van der Waals surface area contributed by atoms with Crippen LogP contribution in [-0.2, 0) is 4.79 Å². The van der Waals surface area contributed by atoms with Crippen LogP contribution in [0.15, 0.2) is 24.3 Å². The molecule has 5 nitrogen and oxygen atoms in total. The number of hydrogen-bond acceptors (Lipinski definition) is 2. The van der Waals surface area contributed by atoms with Crippen LogP contribution in [0.1, 0.15) is 17.9 Å². The third kappa shape index (κ3) is 4.74. The molecular formula is C11H12ClNO4. The van der Waals surface area contributed by atoms with Crippen LogP contribution >= 0.6 is 11.6 Å². The summed E-state index contributed by atoms with van der Waals surface area (Å²) in [5.41, 5.74) is 0.741. The van der Waals surface area contributed by atoms with E-state index in [1.807, 2.05) is 0 Å². The molecule has 0 saturated heterocycles. The summed E-state index contributed by atoms with van der Waals surface area (Å²) in [5, 5.41) is 20.0. The zero-order valence-electron chi connectivity index (χ0n) is 8.89. The van der Waals surface area contributed by atoms with E-state index in [1.54, 1.807) is 24.3 Å². The lowest BCUT2D eigenvalue weighted by Gasteiger charge is -2.15. The van der Waals surface area contributed by atoms with Crippen molar-refractivity contribution < 1.29 is 19.8 Å². The van der Waals surface area contributed by atoms with Crippen LogP contribution in [0.4, 0.5) is 4.79 Å². The number of benzene rings is 1. The van der Waals surface area contributed by atoms with Gasteiger partial charge in [0.25, 0.3) is 0 Å². The van der Waals surface area contributed by atoms with Gasteiger partial charge in [0.1, 0.15) is 0 Å². The van der Waals surface area contributed by atoms with Crippen molar-refractivity contribution in [3.05, 3.63) is 34.9 Å². The van der Waals surface area contributed by atoms with Crippen molar-refractivity contribution in [1.29, 1.82) is 0 Å². The first-order valence-electron chi connectivity index (χ1n) is 4.93. The normalized spacial score (nSPS) is 11.8. The predicted octanol–water partition coefficient (Wildman–Crippen LogP) is 2.17. The maximum absolute atomic E-state index is 10.7. The van der Waals surface area contributed by atoms with Gasteiger partial charge in [0, 0.05) is 17.5 Å². The first kappa shape index (κ1) is 13.3. The van der Waals surface area contributed by atoms with Gasteiger partial charge in [-0.15, -0.1) is 0 Å². The maximum atomic E-state index is 10.7. The Hall–Kier alpha value is -1.75. The maximum Gasteiger partial charge on any atom is 0.404 e. The topological polar surface area (TPSA) is 86.6 Å². The Morgan fingerprint density at radius 1 is 1.24 bits per heavy atom. The van der Waals surface area contributed by atoms with E-state index in [4.69, 9.17) is 21.8 Å². The number of halogens is 1. The molecule has 1 amide bonds. The van der Waals surface area contributed by atoms with Gasteiger partial charge in [0.2, 0.25) is 0 Å². The third-order valence-corrected chi connectivity index (χ3v) is 2.51. The second-order valence-corrected chi connectivity index (χ2v) is 3.97. The summed E-state index contributed by atoms with van der Waals surface area (Å²) in [6.07, 6.45) is -1.31. The fourth-order valence-electron chi connectivity index (χ4n) is 1.46. The van der Waals surface area contributed by atoms with Gasteiger partial charge in [-0.3, -0.25) is 4.79 Å². The van der Waals surface area contributed by atoms with E-state index in [9.17, 15) is 9.59 Å². The highest BCUT2D eigenvalue weighted by Crippen LogP contribution is 2.21. The van der Waals surface area contributed by atoms with E-state index >= 15 is 0 Å². The summed E-state index contributed by atoms with van der Waals surface area (Å²) < 4.78 is 0. The lowest BCUT2D eigenvalue weighted by Crippen LogP contribution is -2.27. The van der Waals surface area contributed by atoms with Crippen molar-refractivity contribution in [1.82, 2.24) is 5.32 Å². The first-order valence-corrected chi connectivity index (χ1v) is 5.31. The van der Waals surface area contributed by atoms with Gasteiger partial charge < -0.3 is 15.5 Å². The zero-order valence-corrected chi connectivity index (χ0v) is 9.65. The summed E-state index contributed by atoms with van der Waals surface area (Å²) in [6.45, 7) is 0.0588. The van der Waals surface area contributed by atoms with Gasteiger partial charge in [-0.25, -0.2) is 4.79 Å². The van der Waals surface area contributed by atoms with Gasteiger partial charge >= 0.3 is 12.1 Å². The van der Waals surface area contributed by atoms with Crippen molar-refractivity contribution >= 4 is 23.7 Å². The van der Waals surface area contributed by atoms with Crippen molar-refractivity contribution in [2.45, 2.75) is 12.3 Å². The Balaban J connectivity index is 2.77. The molecule has 6 heteroatoms. The number of carbonyl (C=O) groups is 2. The predicted molar refractivity (Wildman–Crippen MR) is 62.5 cm³/mol. The molecule has 0 aliphatic heterocycles. The number of carboxylic acid groups (broad SMARTS) is 2. The molecule has 3 N–H and O–H groups in total. The molecule has 0 aliphatic carbocycles. The smallest absolute Gasteiger partial charge is 0.404 e. The molecule has 0 fully saturated rings. The van der Waals surface area contributed by atoms with Crippen LogP contribution in [0.2, 0.25) is 5.02 Å².